The summed E-state index contributed by atoms with van der Waals surface area (Å²) in [6, 6.07) is 0.187. The van der Waals surface area contributed by atoms with E-state index in [1.165, 1.54) is 18.4 Å². The molecule has 1 aliphatic rings. The minimum atomic E-state index is 0.187. The normalized spacial score (nSPS) is 23.1. The molecule has 0 unspecified atom stereocenters. The number of hydrogen-bond acceptors (Lipinski definition) is 1. The quantitative estimate of drug-likeness (QED) is 0.681. The van der Waals surface area contributed by atoms with Gasteiger partial charge in [-0.2, -0.15) is 0 Å². The Hall–Kier alpha value is -0.560. The van der Waals surface area contributed by atoms with Gasteiger partial charge in [0.1, 0.15) is 0 Å². The number of rotatable bonds is 4. The van der Waals surface area contributed by atoms with Crippen LogP contribution in [0.3, 0.4) is 0 Å². The fourth-order valence-electron chi connectivity index (χ4n) is 1.25. The molecular formula is C13H23N. The lowest BCUT2D eigenvalue weighted by atomic mass is 10.0. The summed E-state index contributed by atoms with van der Waals surface area (Å²) in [6.07, 6.45) is 9.38. The maximum atomic E-state index is 5.96. The molecule has 80 valence electrons. The summed E-state index contributed by atoms with van der Waals surface area (Å²) in [5.41, 5.74) is 7.75. The number of nitrogens with two attached hydrogens (primary N) is 1. The highest BCUT2D eigenvalue weighted by molar-refractivity contribution is 5.22. The zero-order valence-corrected chi connectivity index (χ0v) is 9.88. The molecule has 0 saturated heterocycles. The van der Waals surface area contributed by atoms with Gasteiger partial charge in [-0.25, -0.2) is 0 Å². The fraction of sp³-hybridized carbons (Fsp3) is 0.692. The predicted octanol–water partition coefficient (Wildman–Crippen LogP) is 3.27. The van der Waals surface area contributed by atoms with Gasteiger partial charge in [0.15, 0.2) is 0 Å². The Labute approximate surface area is 88.1 Å². The van der Waals surface area contributed by atoms with Crippen LogP contribution >= 0.6 is 0 Å². The van der Waals surface area contributed by atoms with Gasteiger partial charge in [-0.1, -0.05) is 44.6 Å². The zero-order valence-electron chi connectivity index (χ0n) is 9.88. The van der Waals surface area contributed by atoms with Crippen molar-refractivity contribution in [1.29, 1.82) is 0 Å². The summed E-state index contributed by atoms with van der Waals surface area (Å²) in [4.78, 5) is 0. The van der Waals surface area contributed by atoms with Crippen LogP contribution in [-0.4, -0.2) is 6.04 Å². The molecule has 0 bridgehead atoms. The molecule has 0 aromatic rings. The van der Waals surface area contributed by atoms with Gasteiger partial charge in [-0.05, 0) is 31.1 Å². The van der Waals surface area contributed by atoms with Gasteiger partial charge in [-0.3, -0.25) is 0 Å². The lowest BCUT2D eigenvalue weighted by molar-refractivity contribution is 0.569. The predicted molar refractivity (Wildman–Crippen MR) is 63.1 cm³/mol. The molecule has 0 aromatic carbocycles. The molecule has 0 amide bonds. The molecule has 1 aliphatic carbocycles. The summed E-state index contributed by atoms with van der Waals surface area (Å²) in [5.74, 6) is 0.523. The summed E-state index contributed by atoms with van der Waals surface area (Å²) in [5, 5.41) is 0. The van der Waals surface area contributed by atoms with Crippen molar-refractivity contribution >= 4 is 0 Å². The van der Waals surface area contributed by atoms with Crippen LogP contribution < -0.4 is 5.73 Å². The van der Waals surface area contributed by atoms with Crippen LogP contribution in [0.1, 0.15) is 40.5 Å². The molecule has 0 radical (unpaired) electrons. The summed E-state index contributed by atoms with van der Waals surface area (Å²) < 4.78 is 0. The Bertz CT molecular complexity index is 244. The van der Waals surface area contributed by atoms with Gasteiger partial charge in [0.25, 0.3) is 0 Å². The van der Waals surface area contributed by atoms with Gasteiger partial charge in [0.05, 0.1) is 0 Å². The van der Waals surface area contributed by atoms with Crippen molar-refractivity contribution in [3.05, 3.63) is 23.8 Å². The third-order valence-corrected chi connectivity index (χ3v) is 3.01. The molecule has 0 aliphatic heterocycles. The summed E-state index contributed by atoms with van der Waals surface area (Å²) in [6.45, 7) is 8.74. The van der Waals surface area contributed by atoms with Crippen molar-refractivity contribution < 1.29 is 0 Å². The Kier molecular flexibility index (Phi) is 3.54. The standard InChI is InChI=1S/C13H23N/c1-10(2)12(14)9-11(3)5-6-13(4)7-8-13/h5-6,9-10,12H,7-8,14H2,1-4H3/b6-5+,11-9-/t12-/m1/s1. The van der Waals surface area contributed by atoms with Crippen LogP contribution in [0.5, 0.6) is 0 Å². The molecule has 0 spiro atoms. The van der Waals surface area contributed by atoms with E-state index in [9.17, 15) is 0 Å². The minimum Gasteiger partial charge on any atom is -0.324 e. The van der Waals surface area contributed by atoms with E-state index in [2.05, 4.69) is 45.9 Å². The summed E-state index contributed by atoms with van der Waals surface area (Å²) >= 11 is 0. The fourth-order valence-corrected chi connectivity index (χ4v) is 1.25. The first-order chi connectivity index (χ1) is 6.43. The van der Waals surface area contributed by atoms with E-state index in [1.807, 2.05) is 0 Å². The molecule has 1 nitrogen and oxygen atoms in total. The molecule has 2 N–H and O–H groups in total. The molecule has 1 atom stereocenters. The Morgan fingerprint density at radius 2 is 1.93 bits per heavy atom. The molecule has 1 saturated carbocycles. The maximum Gasteiger partial charge on any atom is 0.0252 e. The number of allylic oxidation sites excluding steroid dienone is 3. The Morgan fingerprint density at radius 3 is 2.36 bits per heavy atom. The third kappa shape index (κ3) is 3.67. The molecule has 0 aromatic heterocycles. The van der Waals surface area contributed by atoms with E-state index in [-0.39, 0.29) is 6.04 Å². The van der Waals surface area contributed by atoms with Gasteiger partial charge < -0.3 is 5.73 Å². The number of hydrogen-bond donors (Lipinski definition) is 1. The van der Waals surface area contributed by atoms with Gasteiger partial charge >= 0.3 is 0 Å². The average molecular weight is 193 g/mol. The van der Waals surface area contributed by atoms with Crippen LogP contribution in [0.4, 0.5) is 0 Å². The monoisotopic (exact) mass is 193 g/mol. The minimum absolute atomic E-state index is 0.187. The van der Waals surface area contributed by atoms with E-state index >= 15 is 0 Å². The highest BCUT2D eigenvalue weighted by Gasteiger charge is 2.33. The largest absolute Gasteiger partial charge is 0.324 e. The smallest absolute Gasteiger partial charge is 0.0252 e. The SMILES string of the molecule is CC(=C/[C@@H](N)C(C)C)/C=C/C1(C)CC1. The molecule has 0 heterocycles. The zero-order chi connectivity index (χ0) is 10.8. The van der Waals surface area contributed by atoms with Gasteiger partial charge in [0, 0.05) is 6.04 Å². The second kappa shape index (κ2) is 4.31. The molecule has 14 heavy (non-hydrogen) atoms. The maximum absolute atomic E-state index is 5.96. The second-order valence-electron chi connectivity index (χ2n) is 5.22. The van der Waals surface area contributed by atoms with Crippen LogP contribution in [0.25, 0.3) is 0 Å². The van der Waals surface area contributed by atoms with E-state index in [4.69, 9.17) is 5.73 Å². The Morgan fingerprint density at radius 1 is 1.36 bits per heavy atom. The molecule has 1 fully saturated rings. The van der Waals surface area contributed by atoms with Crippen molar-refractivity contribution in [2.75, 3.05) is 0 Å². The topological polar surface area (TPSA) is 26.0 Å². The lowest BCUT2D eigenvalue weighted by Gasteiger charge is -2.11. The van der Waals surface area contributed by atoms with Crippen molar-refractivity contribution in [2.24, 2.45) is 17.1 Å². The molecule has 1 heteroatoms. The first kappa shape index (κ1) is 11.5. The van der Waals surface area contributed by atoms with Crippen molar-refractivity contribution in [3.63, 3.8) is 0 Å². The highest BCUT2D eigenvalue weighted by Crippen LogP contribution is 2.46. The van der Waals surface area contributed by atoms with E-state index in [0.29, 0.717) is 11.3 Å². The van der Waals surface area contributed by atoms with E-state index < -0.39 is 0 Å². The van der Waals surface area contributed by atoms with Gasteiger partial charge in [0.2, 0.25) is 0 Å². The van der Waals surface area contributed by atoms with E-state index in [1.54, 1.807) is 0 Å². The molecular weight excluding hydrogens is 170 g/mol. The van der Waals surface area contributed by atoms with Crippen molar-refractivity contribution in [2.45, 2.75) is 46.6 Å². The average Bonchev–Trinajstić information content (AvgIpc) is 2.81. The van der Waals surface area contributed by atoms with Gasteiger partial charge in [-0.15, -0.1) is 0 Å². The first-order valence-corrected chi connectivity index (χ1v) is 5.56. The molecule has 1 rings (SSSR count). The first-order valence-electron chi connectivity index (χ1n) is 5.56. The Balaban J connectivity index is 2.48. The van der Waals surface area contributed by atoms with Crippen LogP contribution in [0.15, 0.2) is 23.8 Å². The van der Waals surface area contributed by atoms with Crippen LogP contribution in [0, 0.1) is 11.3 Å². The third-order valence-electron chi connectivity index (χ3n) is 3.01. The van der Waals surface area contributed by atoms with Crippen LogP contribution in [0.2, 0.25) is 0 Å². The lowest BCUT2D eigenvalue weighted by Crippen LogP contribution is -2.23. The van der Waals surface area contributed by atoms with Crippen molar-refractivity contribution in [3.8, 4) is 0 Å². The van der Waals surface area contributed by atoms with Crippen molar-refractivity contribution in [1.82, 2.24) is 0 Å². The van der Waals surface area contributed by atoms with Crippen LogP contribution in [-0.2, 0) is 0 Å². The van der Waals surface area contributed by atoms with E-state index in [0.717, 1.165) is 0 Å². The summed E-state index contributed by atoms with van der Waals surface area (Å²) in [7, 11) is 0. The second-order valence-corrected chi connectivity index (χ2v) is 5.22. The highest BCUT2D eigenvalue weighted by atomic mass is 14.6.